The van der Waals surface area contributed by atoms with E-state index in [9.17, 15) is 5.11 Å². The van der Waals surface area contributed by atoms with Crippen molar-refractivity contribution < 1.29 is 5.11 Å². The van der Waals surface area contributed by atoms with Gasteiger partial charge in [0.15, 0.2) is 0 Å². The van der Waals surface area contributed by atoms with Crippen LogP contribution in [0.3, 0.4) is 0 Å². The van der Waals surface area contributed by atoms with Crippen LogP contribution in [0.4, 0.5) is 0 Å². The molecule has 0 heterocycles. The Morgan fingerprint density at radius 3 is 2.20 bits per heavy atom. The predicted molar refractivity (Wildman–Crippen MR) is 82.2 cm³/mol. The minimum absolute atomic E-state index is 0.432. The maximum absolute atomic E-state index is 10.2. The highest BCUT2D eigenvalue weighted by molar-refractivity contribution is 5.63. The molecule has 2 aromatic rings. The van der Waals surface area contributed by atoms with Gasteiger partial charge in [0.2, 0.25) is 0 Å². The van der Waals surface area contributed by atoms with Gasteiger partial charge in [-0.05, 0) is 29.5 Å². The van der Waals surface area contributed by atoms with E-state index in [0.717, 1.165) is 31.2 Å². The zero-order chi connectivity index (χ0) is 14.0. The van der Waals surface area contributed by atoms with Crippen LogP contribution in [-0.4, -0.2) is 11.2 Å². The molecular weight excluding hydrogens is 246 g/mol. The summed E-state index contributed by atoms with van der Waals surface area (Å²) >= 11 is 0. The lowest BCUT2D eigenvalue weighted by atomic mass is 9.75. The molecule has 2 aromatic carbocycles. The fraction of sp³-hybridized carbons (Fsp3) is 0.333. The van der Waals surface area contributed by atoms with Gasteiger partial charge in [-0.15, -0.1) is 0 Å². The fourth-order valence-electron chi connectivity index (χ4n) is 3.12. The van der Waals surface area contributed by atoms with Gasteiger partial charge in [-0.25, -0.2) is 0 Å². The lowest BCUT2D eigenvalue weighted by Gasteiger charge is -2.38. The van der Waals surface area contributed by atoms with Crippen LogP contribution in [0.5, 0.6) is 0 Å². The molecule has 2 atom stereocenters. The molecular formula is C18H21NO. The molecule has 0 amide bonds. The van der Waals surface area contributed by atoms with E-state index in [-0.39, 0.29) is 0 Å². The van der Waals surface area contributed by atoms with Crippen molar-refractivity contribution in [3.05, 3.63) is 60.2 Å². The van der Waals surface area contributed by atoms with Gasteiger partial charge in [-0.3, -0.25) is 0 Å². The molecule has 0 unspecified atom stereocenters. The van der Waals surface area contributed by atoms with Crippen molar-refractivity contribution in [1.82, 2.24) is 0 Å². The van der Waals surface area contributed by atoms with Crippen LogP contribution < -0.4 is 5.73 Å². The van der Waals surface area contributed by atoms with Gasteiger partial charge >= 0.3 is 0 Å². The van der Waals surface area contributed by atoms with Crippen LogP contribution in [0.1, 0.15) is 31.2 Å². The van der Waals surface area contributed by atoms with Crippen LogP contribution in [-0.2, 0) is 5.54 Å². The molecule has 1 aliphatic carbocycles. The van der Waals surface area contributed by atoms with Crippen molar-refractivity contribution in [3.8, 4) is 11.1 Å². The third-order valence-electron chi connectivity index (χ3n) is 4.44. The standard InChI is InChI=1S/C18H21NO/c19-18(13-5-4-8-17(18)20)16-11-9-15(10-12-16)14-6-2-1-3-7-14/h1-3,6-7,9-12,17,20H,4-5,8,13,19H2/t17-,18-/m1/s1. The second kappa shape index (κ2) is 5.39. The zero-order valence-electron chi connectivity index (χ0n) is 11.6. The fourth-order valence-corrected chi connectivity index (χ4v) is 3.12. The van der Waals surface area contributed by atoms with Crippen molar-refractivity contribution in [1.29, 1.82) is 0 Å². The van der Waals surface area contributed by atoms with Crippen molar-refractivity contribution >= 4 is 0 Å². The van der Waals surface area contributed by atoms with E-state index < -0.39 is 11.6 Å². The van der Waals surface area contributed by atoms with Crippen molar-refractivity contribution in [2.24, 2.45) is 5.73 Å². The molecule has 104 valence electrons. The number of hydrogen-bond acceptors (Lipinski definition) is 2. The summed E-state index contributed by atoms with van der Waals surface area (Å²) in [4.78, 5) is 0. The highest BCUT2D eigenvalue weighted by atomic mass is 16.3. The molecule has 1 aliphatic rings. The Morgan fingerprint density at radius 1 is 0.900 bits per heavy atom. The molecule has 0 aliphatic heterocycles. The second-order valence-electron chi connectivity index (χ2n) is 5.75. The molecule has 0 bridgehead atoms. The smallest absolute Gasteiger partial charge is 0.0761 e. The Labute approximate surface area is 120 Å². The summed E-state index contributed by atoms with van der Waals surface area (Å²) in [6.45, 7) is 0. The molecule has 0 aromatic heterocycles. The highest BCUT2D eigenvalue weighted by Crippen LogP contribution is 2.35. The molecule has 1 saturated carbocycles. The Morgan fingerprint density at radius 2 is 1.55 bits per heavy atom. The van der Waals surface area contributed by atoms with Crippen LogP contribution in [0, 0.1) is 0 Å². The lowest BCUT2D eigenvalue weighted by molar-refractivity contribution is 0.0450. The number of benzene rings is 2. The average Bonchev–Trinajstić information content (AvgIpc) is 2.51. The van der Waals surface area contributed by atoms with Gasteiger partial charge < -0.3 is 10.8 Å². The van der Waals surface area contributed by atoms with Gasteiger partial charge in [0.25, 0.3) is 0 Å². The number of aliphatic hydroxyl groups excluding tert-OH is 1. The molecule has 0 saturated heterocycles. The number of nitrogens with two attached hydrogens (primary N) is 1. The normalized spacial score (nSPS) is 26.4. The van der Waals surface area contributed by atoms with Crippen LogP contribution in [0.15, 0.2) is 54.6 Å². The molecule has 0 spiro atoms. The molecule has 2 nitrogen and oxygen atoms in total. The summed E-state index contributed by atoms with van der Waals surface area (Å²) in [5.74, 6) is 0. The second-order valence-corrected chi connectivity index (χ2v) is 5.75. The van der Waals surface area contributed by atoms with Gasteiger partial charge in [-0.2, -0.15) is 0 Å². The Hall–Kier alpha value is -1.64. The summed E-state index contributed by atoms with van der Waals surface area (Å²) in [6, 6.07) is 18.6. The van der Waals surface area contributed by atoms with E-state index >= 15 is 0 Å². The minimum Gasteiger partial charge on any atom is -0.391 e. The molecule has 3 N–H and O–H groups in total. The minimum atomic E-state index is -0.576. The van der Waals surface area contributed by atoms with Crippen molar-refractivity contribution in [2.45, 2.75) is 37.3 Å². The van der Waals surface area contributed by atoms with Gasteiger partial charge in [0, 0.05) is 0 Å². The SMILES string of the molecule is N[C@@]1(c2ccc(-c3ccccc3)cc2)CCCC[C@H]1O. The Bertz CT molecular complexity index is 564. The monoisotopic (exact) mass is 267 g/mol. The first-order valence-electron chi connectivity index (χ1n) is 7.33. The molecule has 20 heavy (non-hydrogen) atoms. The maximum Gasteiger partial charge on any atom is 0.0761 e. The summed E-state index contributed by atoms with van der Waals surface area (Å²) < 4.78 is 0. The van der Waals surface area contributed by atoms with Gasteiger partial charge in [-0.1, -0.05) is 67.4 Å². The third-order valence-corrected chi connectivity index (χ3v) is 4.44. The van der Waals surface area contributed by atoms with E-state index in [1.54, 1.807) is 0 Å². The van der Waals surface area contributed by atoms with E-state index in [0.29, 0.717) is 0 Å². The number of rotatable bonds is 2. The number of aliphatic hydroxyl groups is 1. The largest absolute Gasteiger partial charge is 0.391 e. The van der Waals surface area contributed by atoms with Gasteiger partial charge in [0.05, 0.1) is 11.6 Å². The van der Waals surface area contributed by atoms with E-state index in [1.165, 1.54) is 11.1 Å². The molecule has 2 heteroatoms. The first kappa shape index (κ1) is 13.3. The van der Waals surface area contributed by atoms with Crippen LogP contribution >= 0.6 is 0 Å². The first-order chi connectivity index (χ1) is 9.70. The van der Waals surface area contributed by atoms with Crippen molar-refractivity contribution in [2.75, 3.05) is 0 Å². The molecule has 1 fully saturated rings. The summed E-state index contributed by atoms with van der Waals surface area (Å²) in [6.07, 6.45) is 3.39. The van der Waals surface area contributed by atoms with Crippen molar-refractivity contribution in [3.63, 3.8) is 0 Å². The Balaban J connectivity index is 1.90. The van der Waals surface area contributed by atoms with Crippen LogP contribution in [0.2, 0.25) is 0 Å². The molecule has 3 rings (SSSR count). The van der Waals surface area contributed by atoms with E-state index in [4.69, 9.17) is 5.73 Å². The average molecular weight is 267 g/mol. The topological polar surface area (TPSA) is 46.2 Å². The quantitative estimate of drug-likeness (QED) is 0.875. The maximum atomic E-state index is 10.2. The third kappa shape index (κ3) is 2.37. The zero-order valence-corrected chi connectivity index (χ0v) is 11.6. The van der Waals surface area contributed by atoms with E-state index in [1.807, 2.05) is 18.2 Å². The molecule has 0 radical (unpaired) electrons. The highest BCUT2D eigenvalue weighted by Gasteiger charge is 2.37. The summed E-state index contributed by atoms with van der Waals surface area (Å²) in [5.41, 5.74) is 9.32. The summed E-state index contributed by atoms with van der Waals surface area (Å²) in [5, 5.41) is 10.2. The van der Waals surface area contributed by atoms with E-state index in [2.05, 4.69) is 36.4 Å². The van der Waals surface area contributed by atoms with Crippen LogP contribution in [0.25, 0.3) is 11.1 Å². The lowest BCUT2D eigenvalue weighted by Crippen LogP contribution is -2.49. The first-order valence-corrected chi connectivity index (χ1v) is 7.33. The Kier molecular flexibility index (Phi) is 3.60. The summed E-state index contributed by atoms with van der Waals surface area (Å²) in [7, 11) is 0. The number of hydrogen-bond donors (Lipinski definition) is 2. The van der Waals surface area contributed by atoms with Gasteiger partial charge in [0.1, 0.15) is 0 Å². The predicted octanol–water partition coefficient (Wildman–Crippen LogP) is 3.44.